The number of H-pyrrole nitrogens is 1. The average Bonchev–Trinajstić information content (AvgIpc) is 2.59. The molecule has 14 heavy (non-hydrogen) atoms. The maximum Gasteiger partial charge on any atom is 0.0865 e. The zero-order valence-electron chi connectivity index (χ0n) is 8.01. The van der Waals surface area contributed by atoms with E-state index < -0.39 is 0 Å². The summed E-state index contributed by atoms with van der Waals surface area (Å²) in [5.41, 5.74) is 2.26. The van der Waals surface area contributed by atoms with Crippen LogP contribution in [0.4, 0.5) is 0 Å². The number of ether oxygens (including phenoxy) is 1. The number of hydrogen-bond acceptors (Lipinski definition) is 1. The van der Waals surface area contributed by atoms with E-state index in [-0.39, 0.29) is 0 Å². The molecule has 2 nitrogen and oxygen atoms in total. The van der Waals surface area contributed by atoms with Crippen molar-refractivity contribution >= 4 is 26.8 Å². The van der Waals surface area contributed by atoms with Crippen molar-refractivity contribution in [2.24, 2.45) is 0 Å². The summed E-state index contributed by atoms with van der Waals surface area (Å²) in [5, 5.41) is 1.22. The van der Waals surface area contributed by atoms with E-state index in [0.29, 0.717) is 6.61 Å². The van der Waals surface area contributed by atoms with Crippen LogP contribution in [0.2, 0.25) is 0 Å². The molecule has 0 amide bonds. The Morgan fingerprint density at radius 3 is 3.00 bits per heavy atom. The fourth-order valence-corrected chi connectivity index (χ4v) is 1.95. The minimum Gasteiger partial charge on any atom is -0.376 e. The Kier molecular flexibility index (Phi) is 2.89. The van der Waals surface area contributed by atoms with Crippen LogP contribution in [-0.2, 0) is 11.3 Å². The predicted octanol–water partition coefficient (Wildman–Crippen LogP) is 3.47. The first kappa shape index (κ1) is 9.74. The van der Waals surface area contributed by atoms with Crippen molar-refractivity contribution in [2.45, 2.75) is 13.5 Å². The molecule has 1 heterocycles. The van der Waals surface area contributed by atoms with Crippen LogP contribution in [0.25, 0.3) is 10.9 Å². The second kappa shape index (κ2) is 4.15. The molecule has 0 fully saturated rings. The van der Waals surface area contributed by atoms with E-state index in [9.17, 15) is 0 Å². The van der Waals surface area contributed by atoms with Crippen LogP contribution in [0.5, 0.6) is 0 Å². The third-order valence-electron chi connectivity index (χ3n) is 2.12. The number of fused-ring (bicyclic) bond motifs is 1. The van der Waals surface area contributed by atoms with Crippen LogP contribution in [0.1, 0.15) is 12.6 Å². The second-order valence-corrected chi connectivity index (χ2v) is 3.99. The standard InChI is InChI=1S/C11H12BrNO/c1-2-14-7-9-6-8-4-3-5-10(12)11(8)13-9/h3-6,13H,2,7H2,1H3. The van der Waals surface area contributed by atoms with Crippen LogP contribution in [0.3, 0.4) is 0 Å². The fourth-order valence-electron chi connectivity index (χ4n) is 1.47. The van der Waals surface area contributed by atoms with Gasteiger partial charge in [-0.05, 0) is 35.0 Å². The molecule has 1 aromatic heterocycles. The minimum atomic E-state index is 0.650. The molecule has 74 valence electrons. The Bertz CT molecular complexity index is 436. The molecular weight excluding hydrogens is 242 g/mol. The van der Waals surface area contributed by atoms with Crippen LogP contribution in [0, 0.1) is 0 Å². The van der Waals surface area contributed by atoms with Crippen LogP contribution >= 0.6 is 15.9 Å². The molecule has 0 saturated carbocycles. The van der Waals surface area contributed by atoms with Crippen molar-refractivity contribution in [3.8, 4) is 0 Å². The first-order chi connectivity index (χ1) is 6.81. The number of nitrogens with one attached hydrogen (secondary N) is 1. The highest BCUT2D eigenvalue weighted by Gasteiger charge is 2.02. The van der Waals surface area contributed by atoms with E-state index in [0.717, 1.165) is 22.3 Å². The summed E-state index contributed by atoms with van der Waals surface area (Å²) in [7, 11) is 0. The highest BCUT2D eigenvalue weighted by atomic mass is 79.9. The van der Waals surface area contributed by atoms with Gasteiger partial charge in [-0.1, -0.05) is 12.1 Å². The summed E-state index contributed by atoms with van der Waals surface area (Å²) in [6.45, 7) is 3.40. The molecule has 0 unspecified atom stereocenters. The summed E-state index contributed by atoms with van der Waals surface area (Å²) >= 11 is 3.51. The Morgan fingerprint density at radius 2 is 2.29 bits per heavy atom. The van der Waals surface area contributed by atoms with E-state index in [4.69, 9.17) is 4.74 Å². The van der Waals surface area contributed by atoms with Gasteiger partial charge in [0.2, 0.25) is 0 Å². The molecule has 0 bridgehead atoms. The first-order valence-corrected chi connectivity index (χ1v) is 5.44. The Morgan fingerprint density at radius 1 is 1.43 bits per heavy atom. The van der Waals surface area contributed by atoms with Gasteiger partial charge in [0.25, 0.3) is 0 Å². The van der Waals surface area contributed by atoms with Gasteiger partial charge in [-0.25, -0.2) is 0 Å². The average molecular weight is 254 g/mol. The normalized spacial score (nSPS) is 11.0. The number of aromatic amines is 1. The quantitative estimate of drug-likeness (QED) is 0.891. The van der Waals surface area contributed by atoms with E-state index >= 15 is 0 Å². The fraction of sp³-hybridized carbons (Fsp3) is 0.273. The summed E-state index contributed by atoms with van der Waals surface area (Å²) in [6.07, 6.45) is 0. The number of rotatable bonds is 3. The highest BCUT2D eigenvalue weighted by Crippen LogP contribution is 2.23. The summed E-state index contributed by atoms with van der Waals surface area (Å²) < 4.78 is 6.44. The van der Waals surface area contributed by atoms with Gasteiger partial charge in [0.05, 0.1) is 12.1 Å². The van der Waals surface area contributed by atoms with E-state index in [1.165, 1.54) is 5.39 Å². The summed E-state index contributed by atoms with van der Waals surface area (Å²) in [5.74, 6) is 0. The molecule has 0 aliphatic rings. The molecular formula is C11H12BrNO. The first-order valence-electron chi connectivity index (χ1n) is 4.65. The van der Waals surface area contributed by atoms with E-state index in [2.05, 4.69) is 33.0 Å². The van der Waals surface area contributed by atoms with Crippen molar-refractivity contribution in [3.63, 3.8) is 0 Å². The summed E-state index contributed by atoms with van der Waals surface area (Å²) in [4.78, 5) is 3.33. The predicted molar refractivity (Wildman–Crippen MR) is 61.3 cm³/mol. The Hall–Kier alpha value is -0.800. The van der Waals surface area contributed by atoms with Crippen LogP contribution in [-0.4, -0.2) is 11.6 Å². The van der Waals surface area contributed by atoms with Gasteiger partial charge in [0.15, 0.2) is 0 Å². The van der Waals surface area contributed by atoms with Gasteiger partial charge in [-0.15, -0.1) is 0 Å². The van der Waals surface area contributed by atoms with Crippen molar-refractivity contribution in [2.75, 3.05) is 6.61 Å². The van der Waals surface area contributed by atoms with E-state index in [1.807, 2.05) is 19.1 Å². The van der Waals surface area contributed by atoms with Gasteiger partial charge < -0.3 is 9.72 Å². The molecule has 0 atom stereocenters. The van der Waals surface area contributed by atoms with Crippen molar-refractivity contribution in [1.29, 1.82) is 0 Å². The number of aromatic nitrogens is 1. The molecule has 1 N–H and O–H groups in total. The molecule has 1 aromatic carbocycles. The highest BCUT2D eigenvalue weighted by molar-refractivity contribution is 9.10. The number of para-hydroxylation sites is 1. The zero-order chi connectivity index (χ0) is 9.97. The largest absolute Gasteiger partial charge is 0.376 e. The Labute approximate surface area is 91.4 Å². The third-order valence-corrected chi connectivity index (χ3v) is 2.78. The number of hydrogen-bond donors (Lipinski definition) is 1. The molecule has 0 aliphatic carbocycles. The number of halogens is 1. The van der Waals surface area contributed by atoms with Crippen molar-refractivity contribution in [1.82, 2.24) is 4.98 Å². The molecule has 0 radical (unpaired) electrons. The lowest BCUT2D eigenvalue weighted by molar-refractivity contribution is 0.132. The van der Waals surface area contributed by atoms with Crippen molar-refractivity contribution < 1.29 is 4.74 Å². The smallest absolute Gasteiger partial charge is 0.0865 e. The lowest BCUT2D eigenvalue weighted by Crippen LogP contribution is -1.90. The maximum absolute atomic E-state index is 5.34. The molecule has 0 saturated heterocycles. The molecule has 2 rings (SSSR count). The van der Waals surface area contributed by atoms with Gasteiger partial charge in [0.1, 0.15) is 0 Å². The summed E-state index contributed by atoms with van der Waals surface area (Å²) in [6, 6.07) is 8.27. The monoisotopic (exact) mass is 253 g/mol. The SMILES string of the molecule is CCOCc1cc2cccc(Br)c2[nH]1. The Balaban J connectivity index is 2.36. The van der Waals surface area contributed by atoms with Gasteiger partial charge in [-0.2, -0.15) is 0 Å². The van der Waals surface area contributed by atoms with E-state index in [1.54, 1.807) is 0 Å². The molecule has 0 spiro atoms. The van der Waals surface area contributed by atoms with Crippen LogP contribution < -0.4 is 0 Å². The van der Waals surface area contributed by atoms with Gasteiger partial charge in [0, 0.05) is 22.2 Å². The maximum atomic E-state index is 5.34. The topological polar surface area (TPSA) is 25.0 Å². The van der Waals surface area contributed by atoms with Gasteiger partial charge >= 0.3 is 0 Å². The lowest BCUT2D eigenvalue weighted by atomic mass is 10.2. The molecule has 0 aliphatic heterocycles. The van der Waals surface area contributed by atoms with Crippen LogP contribution in [0.15, 0.2) is 28.7 Å². The zero-order valence-corrected chi connectivity index (χ0v) is 9.60. The molecule has 2 aromatic rings. The number of benzene rings is 1. The third kappa shape index (κ3) is 1.83. The second-order valence-electron chi connectivity index (χ2n) is 3.14. The van der Waals surface area contributed by atoms with Crippen molar-refractivity contribution in [3.05, 3.63) is 34.4 Å². The lowest BCUT2D eigenvalue weighted by Gasteiger charge is -1.96. The molecule has 3 heteroatoms. The van der Waals surface area contributed by atoms with Gasteiger partial charge in [-0.3, -0.25) is 0 Å². The minimum absolute atomic E-state index is 0.650.